The maximum absolute atomic E-state index is 5.35. The molecule has 0 saturated carbocycles. The number of nitrogens with zero attached hydrogens (tertiary/aromatic N) is 4. The number of benzene rings is 9. The summed E-state index contributed by atoms with van der Waals surface area (Å²) in [7, 11) is 0. The van der Waals surface area contributed by atoms with Crippen molar-refractivity contribution in [3.8, 4) is 45.1 Å². The van der Waals surface area contributed by atoms with E-state index in [4.69, 9.17) is 9.97 Å². The molecule has 0 aliphatic carbocycles. The van der Waals surface area contributed by atoms with Crippen LogP contribution in [0.15, 0.2) is 206 Å². The van der Waals surface area contributed by atoms with E-state index in [9.17, 15) is 0 Å². The molecule has 0 fully saturated rings. The van der Waals surface area contributed by atoms with E-state index in [0.717, 1.165) is 44.3 Å². The molecule has 58 heavy (non-hydrogen) atoms. The molecule has 3 heterocycles. The first-order chi connectivity index (χ1) is 28.7. The van der Waals surface area contributed by atoms with Gasteiger partial charge in [0, 0.05) is 38.2 Å². The van der Waals surface area contributed by atoms with Crippen molar-refractivity contribution >= 4 is 65.3 Å². The second-order valence-electron chi connectivity index (χ2n) is 15.0. The molecule has 0 aliphatic rings. The Labute approximate surface area is 334 Å². The van der Waals surface area contributed by atoms with Crippen LogP contribution in [-0.4, -0.2) is 19.1 Å². The molecule has 0 unspecified atom stereocenters. The summed E-state index contributed by atoms with van der Waals surface area (Å²) in [5.41, 5.74) is 13.3. The van der Waals surface area contributed by atoms with Gasteiger partial charge in [-0.15, -0.1) is 0 Å². The predicted octanol–water partition coefficient (Wildman–Crippen LogP) is 14.0. The molecule has 0 saturated heterocycles. The Hall–Kier alpha value is -7.82. The highest BCUT2D eigenvalue weighted by molar-refractivity contribution is 6.13. The Morgan fingerprint density at radius 3 is 1.53 bits per heavy atom. The summed E-state index contributed by atoms with van der Waals surface area (Å²) in [6.07, 6.45) is 0. The molecule has 270 valence electrons. The number of hydrogen-bond donors (Lipinski definition) is 0. The van der Waals surface area contributed by atoms with Crippen LogP contribution >= 0.6 is 0 Å². The van der Waals surface area contributed by atoms with Gasteiger partial charge in [-0.2, -0.15) is 0 Å². The summed E-state index contributed by atoms with van der Waals surface area (Å²) in [4.78, 5) is 10.6. The molecule has 0 atom stereocenters. The van der Waals surface area contributed by atoms with Crippen LogP contribution in [0.1, 0.15) is 0 Å². The van der Waals surface area contributed by atoms with Gasteiger partial charge in [-0.05, 0) is 87.6 Å². The average Bonchev–Trinajstić information content (AvgIpc) is 3.81. The molecule has 0 radical (unpaired) electrons. The Morgan fingerprint density at radius 1 is 0.293 bits per heavy atom. The van der Waals surface area contributed by atoms with Gasteiger partial charge in [0.2, 0.25) is 5.95 Å². The molecule has 3 aromatic heterocycles. The van der Waals surface area contributed by atoms with Gasteiger partial charge in [0.1, 0.15) is 0 Å². The van der Waals surface area contributed by atoms with E-state index in [1.165, 1.54) is 60.2 Å². The van der Waals surface area contributed by atoms with E-state index >= 15 is 0 Å². The second kappa shape index (κ2) is 12.9. The van der Waals surface area contributed by atoms with Gasteiger partial charge in [-0.25, -0.2) is 9.97 Å². The molecule has 0 bridgehead atoms. The molecule has 0 N–H and O–H groups in total. The van der Waals surface area contributed by atoms with Crippen LogP contribution < -0.4 is 0 Å². The molecule has 0 amide bonds. The number of fused-ring (bicyclic) bond motifs is 8. The van der Waals surface area contributed by atoms with E-state index < -0.39 is 0 Å². The highest BCUT2D eigenvalue weighted by atomic mass is 15.2. The van der Waals surface area contributed by atoms with Crippen molar-refractivity contribution in [1.82, 2.24) is 19.1 Å². The van der Waals surface area contributed by atoms with E-state index in [0.29, 0.717) is 5.95 Å². The highest BCUT2D eigenvalue weighted by Gasteiger charge is 2.19. The quantitative estimate of drug-likeness (QED) is 0.176. The average molecular weight is 739 g/mol. The van der Waals surface area contributed by atoms with Gasteiger partial charge in [0.05, 0.1) is 33.3 Å². The first-order valence-electron chi connectivity index (χ1n) is 19.7. The Morgan fingerprint density at radius 2 is 0.810 bits per heavy atom. The summed E-state index contributed by atoms with van der Waals surface area (Å²) in [5, 5.41) is 8.31. The monoisotopic (exact) mass is 738 g/mol. The number of para-hydroxylation sites is 3. The van der Waals surface area contributed by atoms with Crippen molar-refractivity contribution < 1.29 is 0 Å². The van der Waals surface area contributed by atoms with Gasteiger partial charge in [0.25, 0.3) is 0 Å². The smallest absolute Gasteiger partial charge is 0.235 e. The summed E-state index contributed by atoms with van der Waals surface area (Å²) in [6.45, 7) is 0. The lowest BCUT2D eigenvalue weighted by atomic mass is 10.0. The third-order valence-corrected chi connectivity index (χ3v) is 11.7. The standard InChI is InChI=1S/C54H34N4/c1-2-12-35(13-3-1)37-22-24-38(25-23-37)53-45-18-6-9-19-48(45)55-54(56-53)58-50-21-11-8-17-44(50)47-34-41(28-31-52(47)58)40-27-30-51-46(33-40)43-16-7-10-20-49(43)57(51)42-29-26-36-14-4-5-15-39(36)32-42/h1-34H. The van der Waals surface area contributed by atoms with Crippen molar-refractivity contribution in [2.75, 3.05) is 0 Å². The Kier molecular flexibility index (Phi) is 7.20. The first kappa shape index (κ1) is 32.4. The van der Waals surface area contributed by atoms with E-state index in [1.54, 1.807) is 0 Å². The predicted molar refractivity (Wildman–Crippen MR) is 242 cm³/mol. The fraction of sp³-hybridized carbons (Fsp3) is 0. The minimum atomic E-state index is 0.655. The third-order valence-electron chi connectivity index (χ3n) is 11.7. The van der Waals surface area contributed by atoms with Crippen molar-refractivity contribution in [3.05, 3.63) is 206 Å². The van der Waals surface area contributed by atoms with E-state index in [-0.39, 0.29) is 0 Å². The van der Waals surface area contributed by atoms with Crippen molar-refractivity contribution in [2.45, 2.75) is 0 Å². The lowest BCUT2D eigenvalue weighted by molar-refractivity contribution is 1.01. The van der Waals surface area contributed by atoms with Crippen LogP contribution in [0, 0.1) is 0 Å². The van der Waals surface area contributed by atoms with E-state index in [2.05, 4.69) is 215 Å². The molecule has 4 heteroatoms. The van der Waals surface area contributed by atoms with Crippen molar-refractivity contribution in [3.63, 3.8) is 0 Å². The maximum atomic E-state index is 5.35. The SMILES string of the molecule is c1ccc(-c2ccc(-c3nc(-n4c5ccccc5c5cc(-c6ccc7c(c6)c6ccccc6n7-c6ccc7ccccc7c6)ccc54)nc4ccccc34)cc2)cc1. The van der Waals surface area contributed by atoms with E-state index in [1.807, 2.05) is 0 Å². The zero-order chi connectivity index (χ0) is 38.2. The van der Waals surface area contributed by atoms with Crippen LogP contribution in [0.3, 0.4) is 0 Å². The lowest BCUT2D eigenvalue weighted by Crippen LogP contribution is -2.03. The fourth-order valence-corrected chi connectivity index (χ4v) is 8.95. The number of rotatable bonds is 5. The first-order valence-corrected chi connectivity index (χ1v) is 19.7. The number of hydrogen-bond acceptors (Lipinski definition) is 2. The van der Waals surface area contributed by atoms with Crippen LogP contribution in [0.2, 0.25) is 0 Å². The number of aromatic nitrogens is 4. The van der Waals surface area contributed by atoms with Crippen LogP contribution in [-0.2, 0) is 0 Å². The minimum Gasteiger partial charge on any atom is -0.309 e. The van der Waals surface area contributed by atoms with Gasteiger partial charge in [-0.3, -0.25) is 4.57 Å². The zero-order valence-electron chi connectivity index (χ0n) is 31.4. The molecule has 0 spiro atoms. The maximum Gasteiger partial charge on any atom is 0.235 e. The third kappa shape index (κ3) is 5.09. The molecule has 12 aromatic rings. The molecule has 12 rings (SSSR count). The summed E-state index contributed by atoms with van der Waals surface area (Å²) >= 11 is 0. The summed E-state index contributed by atoms with van der Waals surface area (Å²) in [6, 6.07) is 73.9. The van der Waals surface area contributed by atoms with Gasteiger partial charge < -0.3 is 4.57 Å². The van der Waals surface area contributed by atoms with Crippen molar-refractivity contribution in [1.29, 1.82) is 0 Å². The largest absolute Gasteiger partial charge is 0.309 e. The van der Waals surface area contributed by atoms with Gasteiger partial charge in [0.15, 0.2) is 0 Å². The Bertz CT molecular complexity index is 3560. The molecular formula is C54H34N4. The Balaban J connectivity index is 1.01. The molecule has 0 aliphatic heterocycles. The molecular weight excluding hydrogens is 705 g/mol. The zero-order valence-corrected chi connectivity index (χ0v) is 31.4. The normalized spacial score (nSPS) is 11.8. The summed E-state index contributed by atoms with van der Waals surface area (Å²) < 4.78 is 4.62. The molecule has 4 nitrogen and oxygen atoms in total. The minimum absolute atomic E-state index is 0.655. The van der Waals surface area contributed by atoms with Gasteiger partial charge >= 0.3 is 0 Å². The van der Waals surface area contributed by atoms with Crippen LogP contribution in [0.4, 0.5) is 0 Å². The highest BCUT2D eigenvalue weighted by Crippen LogP contribution is 2.39. The van der Waals surface area contributed by atoms with Crippen LogP contribution in [0.5, 0.6) is 0 Å². The second-order valence-corrected chi connectivity index (χ2v) is 15.0. The van der Waals surface area contributed by atoms with Gasteiger partial charge in [-0.1, -0.05) is 152 Å². The fourth-order valence-electron chi connectivity index (χ4n) is 8.95. The molecule has 9 aromatic carbocycles. The lowest BCUT2D eigenvalue weighted by Gasteiger charge is -2.12. The topological polar surface area (TPSA) is 35.6 Å². The van der Waals surface area contributed by atoms with Crippen molar-refractivity contribution in [2.24, 2.45) is 0 Å². The van der Waals surface area contributed by atoms with Crippen LogP contribution in [0.25, 0.3) is 110 Å². The summed E-state index contributed by atoms with van der Waals surface area (Å²) in [5.74, 6) is 0.655.